The highest BCUT2D eigenvalue weighted by Gasteiger charge is 2.05. The fourth-order valence-corrected chi connectivity index (χ4v) is 1.65. The second kappa shape index (κ2) is 4.30. The SMILES string of the molecule is COc1cc(Cl)c(I)c(CN)c1. The van der Waals surface area contributed by atoms with Gasteiger partial charge in [0, 0.05) is 10.1 Å². The third-order valence-electron chi connectivity index (χ3n) is 1.53. The third-order valence-corrected chi connectivity index (χ3v) is 3.42. The maximum Gasteiger partial charge on any atom is 0.120 e. The van der Waals surface area contributed by atoms with Crippen LogP contribution in [-0.4, -0.2) is 7.11 Å². The van der Waals surface area contributed by atoms with Crippen LogP contribution in [0.3, 0.4) is 0 Å². The molecule has 0 saturated carbocycles. The van der Waals surface area contributed by atoms with Crippen LogP contribution in [0.1, 0.15) is 5.56 Å². The Labute approximate surface area is 90.2 Å². The minimum atomic E-state index is 0.481. The van der Waals surface area contributed by atoms with Crippen molar-refractivity contribution in [1.29, 1.82) is 0 Å². The Balaban J connectivity index is 3.19. The Morgan fingerprint density at radius 1 is 1.58 bits per heavy atom. The van der Waals surface area contributed by atoms with Gasteiger partial charge in [-0.05, 0) is 40.3 Å². The Morgan fingerprint density at radius 3 is 2.75 bits per heavy atom. The molecular weight excluding hydrogens is 288 g/mol. The van der Waals surface area contributed by atoms with Crippen LogP contribution < -0.4 is 10.5 Å². The van der Waals surface area contributed by atoms with Crippen molar-refractivity contribution in [2.75, 3.05) is 7.11 Å². The maximum atomic E-state index is 5.93. The Morgan fingerprint density at radius 2 is 2.25 bits per heavy atom. The molecule has 0 bridgehead atoms. The summed E-state index contributed by atoms with van der Waals surface area (Å²) in [5.74, 6) is 0.751. The molecule has 1 rings (SSSR count). The number of rotatable bonds is 2. The van der Waals surface area contributed by atoms with E-state index in [1.807, 2.05) is 6.07 Å². The predicted octanol–water partition coefficient (Wildman–Crippen LogP) is 2.41. The van der Waals surface area contributed by atoms with E-state index in [0.29, 0.717) is 11.6 Å². The van der Waals surface area contributed by atoms with Crippen LogP contribution >= 0.6 is 34.2 Å². The van der Waals surface area contributed by atoms with Crippen LogP contribution in [-0.2, 0) is 6.54 Å². The number of nitrogens with two attached hydrogens (primary N) is 1. The van der Waals surface area contributed by atoms with Crippen molar-refractivity contribution < 1.29 is 4.74 Å². The average Bonchev–Trinajstić information content (AvgIpc) is 2.09. The topological polar surface area (TPSA) is 35.2 Å². The molecule has 4 heteroatoms. The van der Waals surface area contributed by atoms with Crippen molar-refractivity contribution in [3.8, 4) is 5.75 Å². The maximum absolute atomic E-state index is 5.93. The molecule has 1 aromatic carbocycles. The molecule has 0 unspecified atom stereocenters. The minimum absolute atomic E-state index is 0.481. The smallest absolute Gasteiger partial charge is 0.120 e. The lowest BCUT2D eigenvalue weighted by molar-refractivity contribution is 0.414. The Hall–Kier alpha value is -0.000000000000000139. The number of hydrogen-bond donors (Lipinski definition) is 1. The van der Waals surface area contributed by atoms with Crippen molar-refractivity contribution in [3.05, 3.63) is 26.3 Å². The summed E-state index contributed by atoms with van der Waals surface area (Å²) in [6, 6.07) is 3.68. The predicted molar refractivity (Wildman–Crippen MR) is 58.6 cm³/mol. The standard InChI is InChI=1S/C8H9ClINO/c1-12-6-2-5(4-11)8(10)7(9)3-6/h2-3H,4,11H2,1H3. The number of hydrogen-bond acceptors (Lipinski definition) is 2. The van der Waals surface area contributed by atoms with Gasteiger partial charge in [0.1, 0.15) is 5.75 Å². The highest BCUT2D eigenvalue weighted by molar-refractivity contribution is 14.1. The molecule has 0 fully saturated rings. The largest absolute Gasteiger partial charge is 0.497 e. The molecule has 0 radical (unpaired) electrons. The zero-order chi connectivity index (χ0) is 9.14. The van der Waals surface area contributed by atoms with E-state index >= 15 is 0 Å². The Kier molecular flexibility index (Phi) is 3.61. The highest BCUT2D eigenvalue weighted by Crippen LogP contribution is 2.27. The third kappa shape index (κ3) is 2.02. The molecule has 66 valence electrons. The highest BCUT2D eigenvalue weighted by atomic mass is 127. The van der Waals surface area contributed by atoms with Gasteiger partial charge < -0.3 is 10.5 Å². The summed E-state index contributed by atoms with van der Waals surface area (Å²) in [6.45, 7) is 0.481. The van der Waals surface area contributed by atoms with Crippen molar-refractivity contribution in [1.82, 2.24) is 0 Å². The van der Waals surface area contributed by atoms with Crippen LogP contribution in [0.5, 0.6) is 5.75 Å². The first kappa shape index (κ1) is 10.1. The van der Waals surface area contributed by atoms with E-state index in [0.717, 1.165) is 14.9 Å². The van der Waals surface area contributed by atoms with Crippen LogP contribution in [0.15, 0.2) is 12.1 Å². The van der Waals surface area contributed by atoms with E-state index in [9.17, 15) is 0 Å². The van der Waals surface area contributed by atoms with Gasteiger partial charge in [0.2, 0.25) is 0 Å². The van der Waals surface area contributed by atoms with Gasteiger partial charge in [0.05, 0.1) is 12.1 Å². The summed E-state index contributed by atoms with van der Waals surface area (Å²) >= 11 is 8.10. The van der Waals surface area contributed by atoms with Crippen LogP contribution in [0.4, 0.5) is 0 Å². The van der Waals surface area contributed by atoms with Crippen LogP contribution in [0.25, 0.3) is 0 Å². The Bertz CT molecular complexity index is 291. The first-order chi connectivity index (χ1) is 5.69. The quantitative estimate of drug-likeness (QED) is 0.851. The molecular formula is C8H9ClINO. The van der Waals surface area contributed by atoms with Gasteiger partial charge in [0.25, 0.3) is 0 Å². The lowest BCUT2D eigenvalue weighted by atomic mass is 10.2. The van der Waals surface area contributed by atoms with Crippen molar-refractivity contribution in [2.45, 2.75) is 6.54 Å². The van der Waals surface area contributed by atoms with Gasteiger partial charge in [-0.15, -0.1) is 0 Å². The number of benzene rings is 1. The average molecular weight is 298 g/mol. The van der Waals surface area contributed by atoms with Crippen molar-refractivity contribution >= 4 is 34.2 Å². The first-order valence-electron chi connectivity index (χ1n) is 3.41. The van der Waals surface area contributed by atoms with E-state index in [4.69, 9.17) is 22.1 Å². The molecule has 0 aromatic heterocycles. The van der Waals surface area contributed by atoms with Gasteiger partial charge in [-0.1, -0.05) is 11.6 Å². The zero-order valence-electron chi connectivity index (χ0n) is 6.60. The molecule has 0 aliphatic rings. The summed E-state index contributed by atoms with van der Waals surface area (Å²) in [4.78, 5) is 0. The van der Waals surface area contributed by atoms with Gasteiger partial charge in [-0.2, -0.15) is 0 Å². The second-order valence-corrected chi connectivity index (χ2v) is 3.77. The van der Waals surface area contributed by atoms with Gasteiger partial charge in [-0.3, -0.25) is 0 Å². The number of ether oxygens (including phenoxy) is 1. The monoisotopic (exact) mass is 297 g/mol. The second-order valence-electron chi connectivity index (χ2n) is 2.29. The summed E-state index contributed by atoms with van der Waals surface area (Å²) in [6.07, 6.45) is 0. The lowest BCUT2D eigenvalue weighted by Gasteiger charge is -2.06. The van der Waals surface area contributed by atoms with E-state index in [1.165, 1.54) is 0 Å². The summed E-state index contributed by atoms with van der Waals surface area (Å²) in [5.41, 5.74) is 6.54. The molecule has 0 amide bonds. The normalized spacial score (nSPS) is 10.0. The molecule has 2 nitrogen and oxygen atoms in total. The van der Waals surface area contributed by atoms with Gasteiger partial charge >= 0.3 is 0 Å². The fraction of sp³-hybridized carbons (Fsp3) is 0.250. The zero-order valence-corrected chi connectivity index (χ0v) is 9.52. The lowest BCUT2D eigenvalue weighted by Crippen LogP contribution is -2.00. The summed E-state index contributed by atoms with van der Waals surface area (Å²) in [5, 5.41) is 0.690. The molecule has 2 N–H and O–H groups in total. The van der Waals surface area contributed by atoms with Crippen molar-refractivity contribution in [3.63, 3.8) is 0 Å². The van der Waals surface area contributed by atoms with E-state index in [-0.39, 0.29) is 0 Å². The molecule has 0 heterocycles. The summed E-state index contributed by atoms with van der Waals surface area (Å²) in [7, 11) is 1.61. The van der Waals surface area contributed by atoms with E-state index in [2.05, 4.69) is 22.6 Å². The van der Waals surface area contributed by atoms with E-state index in [1.54, 1.807) is 13.2 Å². The molecule has 1 aromatic rings. The minimum Gasteiger partial charge on any atom is -0.497 e. The molecule has 0 atom stereocenters. The van der Waals surface area contributed by atoms with Crippen LogP contribution in [0.2, 0.25) is 5.02 Å². The van der Waals surface area contributed by atoms with Crippen molar-refractivity contribution in [2.24, 2.45) is 5.73 Å². The van der Waals surface area contributed by atoms with E-state index < -0.39 is 0 Å². The molecule has 0 saturated heterocycles. The fourth-order valence-electron chi connectivity index (χ4n) is 0.885. The molecule has 12 heavy (non-hydrogen) atoms. The number of methoxy groups -OCH3 is 1. The number of halogens is 2. The first-order valence-corrected chi connectivity index (χ1v) is 4.86. The summed E-state index contributed by atoms with van der Waals surface area (Å²) < 4.78 is 6.05. The van der Waals surface area contributed by atoms with Crippen LogP contribution in [0, 0.1) is 3.57 Å². The molecule has 0 aliphatic heterocycles. The van der Waals surface area contributed by atoms with Gasteiger partial charge in [-0.25, -0.2) is 0 Å². The molecule has 0 aliphatic carbocycles. The van der Waals surface area contributed by atoms with Gasteiger partial charge in [0.15, 0.2) is 0 Å². The molecule has 0 spiro atoms.